The summed E-state index contributed by atoms with van der Waals surface area (Å²) in [6.07, 6.45) is 0. The molecule has 5 nitrogen and oxygen atoms in total. The average Bonchev–Trinajstić information content (AvgIpc) is 3.11. The summed E-state index contributed by atoms with van der Waals surface area (Å²) in [5.41, 5.74) is 2.51. The van der Waals surface area contributed by atoms with Crippen molar-refractivity contribution in [2.75, 3.05) is 6.61 Å². The molecular formula is C23H18Cl2N2O3. The van der Waals surface area contributed by atoms with Crippen molar-refractivity contribution in [2.45, 2.75) is 13.5 Å². The van der Waals surface area contributed by atoms with E-state index in [4.69, 9.17) is 32.7 Å². The monoisotopic (exact) mass is 440 g/mol. The van der Waals surface area contributed by atoms with Crippen LogP contribution in [0.4, 0.5) is 0 Å². The van der Waals surface area contributed by atoms with Crippen LogP contribution in [-0.4, -0.2) is 22.1 Å². The first-order valence-corrected chi connectivity index (χ1v) is 10.0. The number of hydrogen-bond donors (Lipinski definition) is 0. The summed E-state index contributed by atoms with van der Waals surface area (Å²) in [5, 5.41) is 0.905. The number of hydrogen-bond acceptors (Lipinski definition) is 4. The van der Waals surface area contributed by atoms with E-state index in [1.165, 1.54) is 4.57 Å². The molecule has 0 N–H and O–H groups in total. The number of aromatic nitrogens is 2. The van der Waals surface area contributed by atoms with Crippen LogP contribution in [-0.2, 0) is 6.61 Å². The second kappa shape index (κ2) is 8.78. The highest BCUT2D eigenvalue weighted by Crippen LogP contribution is 2.28. The van der Waals surface area contributed by atoms with Gasteiger partial charge in [-0.15, -0.1) is 0 Å². The van der Waals surface area contributed by atoms with Crippen molar-refractivity contribution in [1.29, 1.82) is 0 Å². The van der Waals surface area contributed by atoms with Crippen molar-refractivity contribution in [3.8, 4) is 11.5 Å². The molecule has 0 saturated carbocycles. The van der Waals surface area contributed by atoms with E-state index >= 15 is 0 Å². The second-order valence-corrected chi connectivity index (χ2v) is 7.55. The number of carbonyl (C=O) groups is 1. The lowest BCUT2D eigenvalue weighted by Gasteiger charge is -2.11. The Kier molecular flexibility index (Phi) is 5.93. The number of ether oxygens (including phenoxy) is 2. The average molecular weight is 441 g/mol. The van der Waals surface area contributed by atoms with Crippen molar-refractivity contribution in [3.63, 3.8) is 0 Å². The van der Waals surface area contributed by atoms with E-state index in [1.807, 2.05) is 55.5 Å². The van der Waals surface area contributed by atoms with Gasteiger partial charge < -0.3 is 9.47 Å². The van der Waals surface area contributed by atoms with Crippen LogP contribution in [0, 0.1) is 6.92 Å². The maximum Gasteiger partial charge on any atom is 0.270 e. The quantitative estimate of drug-likeness (QED) is 0.371. The molecular weight excluding hydrogens is 423 g/mol. The Hall–Kier alpha value is -3.02. The Morgan fingerprint density at radius 3 is 2.53 bits per heavy atom. The van der Waals surface area contributed by atoms with Crippen LogP contribution in [0.2, 0.25) is 10.0 Å². The zero-order valence-corrected chi connectivity index (χ0v) is 17.7. The van der Waals surface area contributed by atoms with Gasteiger partial charge in [0.25, 0.3) is 5.91 Å². The zero-order valence-electron chi connectivity index (χ0n) is 16.1. The van der Waals surface area contributed by atoms with E-state index in [-0.39, 0.29) is 19.1 Å². The number of fused-ring (bicyclic) bond motifs is 1. The molecule has 4 rings (SSSR count). The number of rotatable bonds is 6. The molecule has 0 amide bonds. The summed E-state index contributed by atoms with van der Waals surface area (Å²) >= 11 is 12.1. The molecule has 30 heavy (non-hydrogen) atoms. The van der Waals surface area contributed by atoms with Crippen molar-refractivity contribution < 1.29 is 14.3 Å². The summed E-state index contributed by atoms with van der Waals surface area (Å²) < 4.78 is 13.0. The molecule has 1 heterocycles. The standard InChI is InChI=1S/C23H18Cl2N2O3/c1-15-6-9-17(10-7-15)29-14-23(28)27-20-5-3-2-4-19(20)26-22(27)13-30-21-11-8-16(24)12-18(21)25/h2-12H,13-14H2,1H3. The first-order valence-electron chi connectivity index (χ1n) is 9.28. The number of halogens is 2. The number of aryl methyl sites for hydroxylation is 1. The van der Waals surface area contributed by atoms with Gasteiger partial charge in [0.2, 0.25) is 0 Å². The Morgan fingerprint density at radius 2 is 1.77 bits per heavy atom. The second-order valence-electron chi connectivity index (χ2n) is 6.71. The van der Waals surface area contributed by atoms with Crippen molar-refractivity contribution >= 4 is 40.1 Å². The van der Waals surface area contributed by atoms with Gasteiger partial charge in [-0.1, -0.05) is 53.0 Å². The van der Waals surface area contributed by atoms with Gasteiger partial charge in [-0.25, -0.2) is 4.98 Å². The van der Waals surface area contributed by atoms with Gasteiger partial charge in [0.1, 0.15) is 18.1 Å². The maximum absolute atomic E-state index is 13.0. The predicted octanol–water partition coefficient (Wildman–Crippen LogP) is 5.95. The zero-order chi connectivity index (χ0) is 21.1. The van der Waals surface area contributed by atoms with Crippen molar-refractivity contribution in [1.82, 2.24) is 9.55 Å². The molecule has 0 fully saturated rings. The van der Waals surface area contributed by atoms with E-state index in [2.05, 4.69) is 4.98 Å². The van der Waals surface area contributed by atoms with Crippen LogP contribution in [0.5, 0.6) is 11.5 Å². The number of para-hydroxylation sites is 2. The van der Waals surface area contributed by atoms with E-state index in [0.717, 1.165) is 5.56 Å². The summed E-state index contributed by atoms with van der Waals surface area (Å²) in [7, 11) is 0. The van der Waals surface area contributed by atoms with Gasteiger partial charge >= 0.3 is 0 Å². The van der Waals surface area contributed by atoms with Crippen molar-refractivity contribution in [3.05, 3.63) is 88.2 Å². The molecule has 0 atom stereocenters. The van der Waals surface area contributed by atoms with E-state index < -0.39 is 0 Å². The molecule has 7 heteroatoms. The molecule has 0 bridgehead atoms. The van der Waals surface area contributed by atoms with Gasteiger partial charge in [0.15, 0.2) is 12.4 Å². The third-order valence-corrected chi connectivity index (χ3v) is 5.04. The number of nitrogens with zero attached hydrogens (tertiary/aromatic N) is 2. The summed E-state index contributed by atoms with van der Waals surface area (Å²) in [6.45, 7) is 1.93. The highest BCUT2D eigenvalue weighted by atomic mass is 35.5. The molecule has 4 aromatic rings. The highest BCUT2D eigenvalue weighted by Gasteiger charge is 2.18. The largest absolute Gasteiger partial charge is 0.484 e. The van der Waals surface area contributed by atoms with E-state index in [1.54, 1.807) is 18.2 Å². The van der Waals surface area contributed by atoms with Crippen LogP contribution < -0.4 is 9.47 Å². The molecule has 0 unspecified atom stereocenters. The molecule has 0 spiro atoms. The van der Waals surface area contributed by atoms with Crippen LogP contribution in [0.3, 0.4) is 0 Å². The van der Waals surface area contributed by atoms with Crippen molar-refractivity contribution in [2.24, 2.45) is 0 Å². The molecule has 0 radical (unpaired) electrons. The maximum atomic E-state index is 13.0. The Labute approximate surface area is 183 Å². The van der Waals surface area contributed by atoms with Gasteiger partial charge in [-0.05, 0) is 49.4 Å². The first kappa shape index (κ1) is 20.3. The first-order chi connectivity index (χ1) is 14.5. The van der Waals surface area contributed by atoms with Gasteiger partial charge in [-0.3, -0.25) is 9.36 Å². The van der Waals surface area contributed by atoms with E-state index in [9.17, 15) is 4.79 Å². The Balaban J connectivity index is 1.57. The smallest absolute Gasteiger partial charge is 0.270 e. The van der Waals surface area contributed by atoms with E-state index in [0.29, 0.717) is 38.4 Å². The molecule has 0 saturated heterocycles. The third kappa shape index (κ3) is 4.42. The van der Waals surface area contributed by atoms with Gasteiger partial charge in [-0.2, -0.15) is 0 Å². The van der Waals surface area contributed by atoms with Crippen LogP contribution in [0.15, 0.2) is 66.7 Å². The van der Waals surface area contributed by atoms with Crippen LogP contribution in [0.25, 0.3) is 11.0 Å². The third-order valence-electron chi connectivity index (χ3n) is 4.51. The number of imidazole rings is 1. The summed E-state index contributed by atoms with van der Waals surface area (Å²) in [4.78, 5) is 17.6. The minimum absolute atomic E-state index is 0.0618. The van der Waals surface area contributed by atoms with Crippen LogP contribution in [0.1, 0.15) is 16.2 Å². The Bertz CT molecular complexity index is 1200. The fourth-order valence-corrected chi connectivity index (χ4v) is 3.49. The minimum atomic E-state index is -0.245. The highest BCUT2D eigenvalue weighted by molar-refractivity contribution is 6.35. The topological polar surface area (TPSA) is 53.4 Å². The molecule has 0 aliphatic rings. The van der Waals surface area contributed by atoms with Gasteiger partial charge in [0, 0.05) is 5.02 Å². The molecule has 3 aromatic carbocycles. The number of carbonyl (C=O) groups excluding carboxylic acids is 1. The lowest BCUT2D eigenvalue weighted by Crippen LogP contribution is -2.22. The SMILES string of the molecule is Cc1ccc(OCC(=O)n2c(COc3ccc(Cl)cc3Cl)nc3ccccc32)cc1. The summed E-state index contributed by atoms with van der Waals surface area (Å²) in [6, 6.07) is 19.9. The molecule has 1 aromatic heterocycles. The molecule has 0 aliphatic heterocycles. The molecule has 152 valence electrons. The fourth-order valence-electron chi connectivity index (χ4n) is 3.03. The number of benzene rings is 3. The predicted molar refractivity (Wildman–Crippen MR) is 118 cm³/mol. The normalized spacial score (nSPS) is 10.9. The van der Waals surface area contributed by atoms with Crippen LogP contribution >= 0.6 is 23.2 Å². The fraction of sp³-hybridized carbons (Fsp3) is 0.130. The summed E-state index contributed by atoms with van der Waals surface area (Å²) in [5.74, 6) is 1.30. The van der Waals surface area contributed by atoms with Gasteiger partial charge in [0.05, 0.1) is 16.1 Å². The molecule has 0 aliphatic carbocycles. The lowest BCUT2D eigenvalue weighted by molar-refractivity contribution is 0.0834. The lowest BCUT2D eigenvalue weighted by atomic mass is 10.2. The Morgan fingerprint density at radius 1 is 1.00 bits per heavy atom. The minimum Gasteiger partial charge on any atom is -0.484 e.